The predicted octanol–water partition coefficient (Wildman–Crippen LogP) is 3.95. The predicted molar refractivity (Wildman–Crippen MR) is 128 cm³/mol. The molecule has 3 aromatic rings. The van der Waals surface area contributed by atoms with Crippen LogP contribution in [0.25, 0.3) is 0 Å². The first-order valence-electron chi connectivity index (χ1n) is 10.4. The Morgan fingerprint density at radius 2 is 1.78 bits per heavy atom. The van der Waals surface area contributed by atoms with Gasteiger partial charge in [-0.15, -0.1) is 0 Å². The number of halogens is 1. The Labute approximate surface area is 191 Å². The molecule has 0 spiro atoms. The molecule has 2 aliphatic heterocycles. The molecular formula is C25H22ClN5O. The SMILES string of the molecule is CC1(C(=O)NCc2ccccc2)NN=C2CN=C(c3ccc(Cl)cc3)c3ccccc3N21. The Hall–Kier alpha value is -3.64. The molecule has 6 nitrogen and oxygen atoms in total. The van der Waals surface area contributed by atoms with Gasteiger partial charge in [-0.1, -0.05) is 72.3 Å². The molecule has 1 atom stereocenters. The number of para-hydroxylation sites is 1. The van der Waals surface area contributed by atoms with E-state index in [4.69, 9.17) is 16.6 Å². The summed E-state index contributed by atoms with van der Waals surface area (Å²) in [7, 11) is 0. The largest absolute Gasteiger partial charge is 0.348 e. The molecule has 160 valence electrons. The standard InChI is InChI=1S/C25H22ClN5O/c1-25(24(32)28-15-17-7-3-2-4-8-17)30-29-22-16-27-23(18-11-13-19(26)14-12-18)20-9-5-6-10-21(20)31(22)25/h2-14,30H,15-16H2,1H3,(H,28,32). The third-order valence-corrected chi connectivity index (χ3v) is 5.99. The van der Waals surface area contributed by atoms with Crippen molar-refractivity contribution in [3.63, 3.8) is 0 Å². The molecule has 32 heavy (non-hydrogen) atoms. The molecule has 1 amide bonds. The summed E-state index contributed by atoms with van der Waals surface area (Å²) >= 11 is 6.09. The molecule has 2 aliphatic rings. The zero-order valence-corrected chi connectivity index (χ0v) is 18.3. The van der Waals surface area contributed by atoms with E-state index in [2.05, 4.69) is 15.8 Å². The normalized spacial score (nSPS) is 19.1. The average Bonchev–Trinajstić information content (AvgIpc) is 3.07. The first kappa shape index (κ1) is 20.3. The molecule has 0 aliphatic carbocycles. The summed E-state index contributed by atoms with van der Waals surface area (Å²) in [5, 5.41) is 8.21. The fourth-order valence-electron chi connectivity index (χ4n) is 4.08. The molecular weight excluding hydrogens is 422 g/mol. The monoisotopic (exact) mass is 443 g/mol. The van der Waals surface area contributed by atoms with E-state index in [9.17, 15) is 4.79 Å². The van der Waals surface area contributed by atoms with Gasteiger partial charge in [0, 0.05) is 22.7 Å². The Kier molecular flexibility index (Phi) is 5.15. The van der Waals surface area contributed by atoms with Crippen molar-refractivity contribution in [2.75, 3.05) is 11.4 Å². The van der Waals surface area contributed by atoms with Crippen molar-refractivity contribution in [2.45, 2.75) is 19.1 Å². The molecule has 0 saturated carbocycles. The number of hydrazone groups is 1. The summed E-state index contributed by atoms with van der Waals surface area (Å²) in [4.78, 5) is 20.2. The van der Waals surface area contributed by atoms with Crippen molar-refractivity contribution < 1.29 is 4.79 Å². The number of rotatable bonds is 4. The highest BCUT2D eigenvalue weighted by Gasteiger charge is 2.47. The maximum atomic E-state index is 13.4. The number of carbonyl (C=O) groups excluding carboxylic acids is 1. The topological polar surface area (TPSA) is 69.1 Å². The highest BCUT2D eigenvalue weighted by atomic mass is 35.5. The number of nitrogens with zero attached hydrogens (tertiary/aromatic N) is 3. The minimum Gasteiger partial charge on any atom is -0.348 e. The molecule has 7 heteroatoms. The highest BCUT2D eigenvalue weighted by Crippen LogP contribution is 2.34. The van der Waals surface area contributed by atoms with Gasteiger partial charge in [-0.3, -0.25) is 20.1 Å². The van der Waals surface area contributed by atoms with Crippen LogP contribution < -0.4 is 15.6 Å². The van der Waals surface area contributed by atoms with Crippen molar-refractivity contribution in [1.29, 1.82) is 0 Å². The number of benzene rings is 3. The third kappa shape index (κ3) is 3.52. The zero-order chi connectivity index (χ0) is 22.1. The average molecular weight is 444 g/mol. The van der Waals surface area contributed by atoms with E-state index in [1.807, 2.05) is 90.7 Å². The van der Waals surface area contributed by atoms with E-state index in [0.29, 0.717) is 23.9 Å². The maximum absolute atomic E-state index is 13.4. The number of hydrogen-bond acceptors (Lipinski definition) is 5. The Bertz CT molecular complexity index is 1220. The van der Waals surface area contributed by atoms with Crippen LogP contribution in [0.15, 0.2) is 89.0 Å². The van der Waals surface area contributed by atoms with Gasteiger partial charge in [0.1, 0.15) is 0 Å². The van der Waals surface area contributed by atoms with Gasteiger partial charge in [-0.25, -0.2) is 0 Å². The summed E-state index contributed by atoms with van der Waals surface area (Å²) in [6.07, 6.45) is 0. The van der Waals surface area contributed by atoms with Crippen LogP contribution in [0, 0.1) is 0 Å². The minimum atomic E-state index is -1.08. The summed E-state index contributed by atoms with van der Waals surface area (Å²) < 4.78 is 0. The zero-order valence-electron chi connectivity index (χ0n) is 17.5. The van der Waals surface area contributed by atoms with Gasteiger partial charge in [0.25, 0.3) is 5.91 Å². The number of aliphatic imine (C=N–C) groups is 1. The lowest BCUT2D eigenvalue weighted by Crippen LogP contribution is -2.62. The van der Waals surface area contributed by atoms with Gasteiger partial charge in [0.2, 0.25) is 5.66 Å². The lowest BCUT2D eigenvalue weighted by Gasteiger charge is -2.35. The van der Waals surface area contributed by atoms with Gasteiger partial charge < -0.3 is 5.32 Å². The number of amides is 1. The summed E-state index contributed by atoms with van der Waals surface area (Å²) in [5.41, 5.74) is 6.64. The summed E-state index contributed by atoms with van der Waals surface area (Å²) in [6, 6.07) is 25.4. The molecule has 3 aromatic carbocycles. The first-order valence-corrected chi connectivity index (χ1v) is 10.8. The fourth-order valence-corrected chi connectivity index (χ4v) is 4.20. The van der Waals surface area contributed by atoms with Gasteiger partial charge in [0.15, 0.2) is 5.84 Å². The Morgan fingerprint density at radius 1 is 1.06 bits per heavy atom. The van der Waals surface area contributed by atoms with Crippen LogP contribution in [0.5, 0.6) is 0 Å². The smallest absolute Gasteiger partial charge is 0.268 e. The van der Waals surface area contributed by atoms with E-state index in [1.54, 1.807) is 0 Å². The van der Waals surface area contributed by atoms with Gasteiger partial charge >= 0.3 is 0 Å². The van der Waals surface area contributed by atoms with Gasteiger partial charge in [-0.2, -0.15) is 5.10 Å². The van der Waals surface area contributed by atoms with Crippen molar-refractivity contribution in [3.05, 3.63) is 101 Å². The summed E-state index contributed by atoms with van der Waals surface area (Å²) in [5.74, 6) is 0.531. The fraction of sp³-hybridized carbons (Fsp3) is 0.160. The molecule has 2 N–H and O–H groups in total. The molecule has 1 unspecified atom stereocenters. The first-order chi connectivity index (χ1) is 15.6. The van der Waals surface area contributed by atoms with E-state index >= 15 is 0 Å². The van der Waals surface area contributed by atoms with Crippen molar-refractivity contribution >= 4 is 34.7 Å². The second-order valence-electron chi connectivity index (χ2n) is 7.90. The highest BCUT2D eigenvalue weighted by molar-refractivity contribution is 6.31. The van der Waals surface area contributed by atoms with Crippen molar-refractivity contribution in [1.82, 2.24) is 10.7 Å². The molecule has 0 radical (unpaired) electrons. The second kappa shape index (κ2) is 8.13. The number of nitrogens with one attached hydrogen (secondary N) is 2. The van der Waals surface area contributed by atoms with E-state index in [1.165, 1.54) is 0 Å². The Balaban J connectivity index is 1.50. The van der Waals surface area contributed by atoms with Crippen LogP contribution in [0.3, 0.4) is 0 Å². The third-order valence-electron chi connectivity index (χ3n) is 5.74. The number of carbonyl (C=O) groups is 1. The minimum absolute atomic E-state index is 0.162. The van der Waals surface area contributed by atoms with Crippen LogP contribution in [-0.4, -0.2) is 29.7 Å². The van der Waals surface area contributed by atoms with Crippen molar-refractivity contribution in [2.24, 2.45) is 10.1 Å². The van der Waals surface area contributed by atoms with E-state index < -0.39 is 5.66 Å². The van der Waals surface area contributed by atoms with E-state index in [0.717, 1.165) is 28.1 Å². The molecule has 0 saturated heterocycles. The molecule has 0 aromatic heterocycles. The van der Waals surface area contributed by atoms with Crippen LogP contribution in [0.1, 0.15) is 23.6 Å². The molecule has 5 rings (SSSR count). The van der Waals surface area contributed by atoms with Crippen LogP contribution >= 0.6 is 11.6 Å². The molecule has 2 heterocycles. The second-order valence-corrected chi connectivity index (χ2v) is 8.34. The van der Waals surface area contributed by atoms with E-state index in [-0.39, 0.29) is 5.91 Å². The van der Waals surface area contributed by atoms with Crippen LogP contribution in [0.2, 0.25) is 5.02 Å². The number of anilines is 1. The summed E-state index contributed by atoms with van der Waals surface area (Å²) in [6.45, 7) is 2.63. The van der Waals surface area contributed by atoms with Crippen LogP contribution in [0.4, 0.5) is 5.69 Å². The quantitative estimate of drug-likeness (QED) is 0.641. The Morgan fingerprint density at radius 3 is 2.56 bits per heavy atom. The maximum Gasteiger partial charge on any atom is 0.268 e. The van der Waals surface area contributed by atoms with Crippen molar-refractivity contribution in [3.8, 4) is 0 Å². The van der Waals surface area contributed by atoms with Gasteiger partial charge in [-0.05, 0) is 30.7 Å². The number of fused-ring (bicyclic) bond motifs is 3. The molecule has 0 bridgehead atoms. The lowest BCUT2D eigenvalue weighted by atomic mass is 9.99. The number of hydrogen-bond donors (Lipinski definition) is 2. The van der Waals surface area contributed by atoms with Gasteiger partial charge in [0.05, 0.1) is 17.9 Å². The lowest BCUT2D eigenvalue weighted by molar-refractivity contribution is -0.126. The van der Waals surface area contributed by atoms with Crippen LogP contribution in [-0.2, 0) is 11.3 Å². The number of amidine groups is 1. The molecule has 0 fully saturated rings.